The van der Waals surface area contributed by atoms with Crippen molar-refractivity contribution in [3.63, 3.8) is 0 Å². The van der Waals surface area contributed by atoms with Gasteiger partial charge in [0.1, 0.15) is 0 Å². The normalized spacial score (nSPS) is 32.1. The molecule has 0 aromatic carbocycles. The highest BCUT2D eigenvalue weighted by Crippen LogP contribution is 2.62. The van der Waals surface area contributed by atoms with Crippen LogP contribution in [0.25, 0.3) is 0 Å². The van der Waals surface area contributed by atoms with Gasteiger partial charge in [-0.2, -0.15) is 0 Å². The number of nitrogens with zero attached hydrogens (tertiary/aromatic N) is 1. The first-order valence-electron chi connectivity index (χ1n) is 10.1. The molecule has 29 heavy (non-hydrogen) atoms. The molecule has 4 aliphatic carbocycles. The van der Waals surface area contributed by atoms with Crippen molar-refractivity contribution in [1.29, 1.82) is 0 Å². The quantitative estimate of drug-likeness (QED) is 0.691. The lowest BCUT2D eigenvalue weighted by Gasteiger charge is -2.60. The summed E-state index contributed by atoms with van der Waals surface area (Å²) in [7, 11) is 1.69. The van der Waals surface area contributed by atoms with Crippen LogP contribution in [-0.2, 0) is 25.7 Å². The van der Waals surface area contributed by atoms with Crippen molar-refractivity contribution >= 4 is 40.7 Å². The fourth-order valence-electron chi connectivity index (χ4n) is 6.17. The molecule has 2 amide bonds. The fraction of sp³-hybridized carbons (Fsp3) is 0.667. The van der Waals surface area contributed by atoms with Gasteiger partial charge in [-0.3, -0.25) is 14.4 Å². The Labute approximate surface area is 179 Å². The molecule has 1 aromatic heterocycles. The Morgan fingerprint density at radius 1 is 1.24 bits per heavy atom. The Hall–Kier alpha value is -1.60. The molecule has 6 nitrogen and oxygen atoms in total. The number of likely N-dealkylation sites (N-methyl/N-ethyl adjacent to an activating group) is 1. The summed E-state index contributed by atoms with van der Waals surface area (Å²) >= 11 is 7.37. The first-order chi connectivity index (χ1) is 13.7. The van der Waals surface area contributed by atoms with E-state index in [1.165, 1.54) is 11.3 Å². The predicted molar refractivity (Wildman–Crippen MR) is 110 cm³/mol. The van der Waals surface area contributed by atoms with Crippen molar-refractivity contribution in [2.45, 2.75) is 57.5 Å². The maximum Gasteiger partial charge on any atom is 0.312 e. The highest BCUT2D eigenvalue weighted by molar-refractivity contribution is 7.16. The summed E-state index contributed by atoms with van der Waals surface area (Å²) < 4.78 is 6.22. The molecule has 0 saturated heterocycles. The third kappa shape index (κ3) is 4.17. The Kier molecular flexibility index (Phi) is 5.40. The van der Waals surface area contributed by atoms with Gasteiger partial charge in [0.15, 0.2) is 6.61 Å². The van der Waals surface area contributed by atoms with E-state index < -0.39 is 5.41 Å². The molecule has 5 rings (SSSR count). The van der Waals surface area contributed by atoms with Crippen molar-refractivity contribution in [2.75, 3.05) is 13.7 Å². The second-order valence-corrected chi connectivity index (χ2v) is 11.0. The molecule has 8 heteroatoms. The van der Waals surface area contributed by atoms with Gasteiger partial charge in [-0.25, -0.2) is 0 Å². The van der Waals surface area contributed by atoms with Crippen molar-refractivity contribution < 1.29 is 19.1 Å². The number of hydrogen-bond acceptors (Lipinski definition) is 5. The highest BCUT2D eigenvalue weighted by Gasteiger charge is 2.61. The first kappa shape index (κ1) is 20.7. The van der Waals surface area contributed by atoms with Gasteiger partial charge in [0.25, 0.3) is 5.91 Å². The van der Waals surface area contributed by atoms with Crippen LogP contribution in [0.2, 0.25) is 4.34 Å². The number of halogens is 1. The molecule has 4 atom stereocenters. The lowest BCUT2D eigenvalue weighted by Crippen LogP contribution is -2.64. The van der Waals surface area contributed by atoms with Crippen LogP contribution in [0.5, 0.6) is 0 Å². The van der Waals surface area contributed by atoms with Crippen LogP contribution in [0.15, 0.2) is 12.1 Å². The van der Waals surface area contributed by atoms with Gasteiger partial charge >= 0.3 is 5.97 Å². The van der Waals surface area contributed by atoms with Gasteiger partial charge in [0.05, 0.1) is 16.3 Å². The lowest BCUT2D eigenvalue weighted by atomic mass is 9.47. The Morgan fingerprint density at radius 3 is 2.52 bits per heavy atom. The number of esters is 1. The van der Waals surface area contributed by atoms with Gasteiger partial charge in [0.2, 0.25) is 5.91 Å². The molecule has 2 unspecified atom stereocenters. The Balaban J connectivity index is 1.38. The smallest absolute Gasteiger partial charge is 0.312 e. The van der Waals surface area contributed by atoms with E-state index in [0.29, 0.717) is 29.1 Å². The monoisotopic (exact) mass is 438 g/mol. The van der Waals surface area contributed by atoms with E-state index in [9.17, 15) is 14.4 Å². The lowest BCUT2D eigenvalue weighted by molar-refractivity contribution is -0.178. The molecule has 158 valence electrons. The number of amides is 2. The van der Waals surface area contributed by atoms with Crippen molar-refractivity contribution in [3.05, 3.63) is 21.3 Å². The van der Waals surface area contributed by atoms with Crippen LogP contribution >= 0.6 is 22.9 Å². The zero-order chi connectivity index (χ0) is 20.8. The van der Waals surface area contributed by atoms with E-state index in [1.807, 2.05) is 6.07 Å². The number of hydrogen-bond donors (Lipinski definition) is 1. The number of thiophene rings is 1. The predicted octanol–water partition coefficient (Wildman–Crippen LogP) is 3.38. The first-order valence-corrected chi connectivity index (χ1v) is 11.3. The SMILES string of the molecule is CC(=O)NC12C[C@H]3C[C@@H](C1)CC(C(=O)OCC(=O)N(C)Cc1ccc(Cl)s1)(C3)C2. The molecule has 0 aliphatic heterocycles. The van der Waals surface area contributed by atoms with E-state index in [1.54, 1.807) is 24.9 Å². The van der Waals surface area contributed by atoms with Crippen LogP contribution in [0.4, 0.5) is 0 Å². The molecule has 1 N–H and O–H groups in total. The molecule has 1 heterocycles. The number of rotatable bonds is 6. The largest absolute Gasteiger partial charge is 0.455 e. The molecule has 4 aliphatic rings. The summed E-state index contributed by atoms with van der Waals surface area (Å²) in [6.45, 7) is 1.73. The fourth-order valence-corrected chi connectivity index (χ4v) is 7.31. The van der Waals surface area contributed by atoms with Crippen LogP contribution in [0.3, 0.4) is 0 Å². The molecule has 4 fully saturated rings. The third-order valence-electron chi connectivity index (χ3n) is 6.71. The average molecular weight is 439 g/mol. The van der Waals surface area contributed by atoms with Crippen molar-refractivity contribution in [1.82, 2.24) is 10.2 Å². The number of ether oxygens (including phenoxy) is 1. The maximum atomic E-state index is 13.1. The minimum absolute atomic E-state index is 0.0408. The summed E-state index contributed by atoms with van der Waals surface area (Å²) in [5.74, 6) is 0.336. The van der Waals surface area contributed by atoms with Gasteiger partial charge < -0.3 is 15.0 Å². The van der Waals surface area contributed by atoms with Gasteiger partial charge in [0, 0.05) is 24.4 Å². The zero-order valence-electron chi connectivity index (χ0n) is 16.8. The maximum absolute atomic E-state index is 13.1. The molecular weight excluding hydrogens is 412 g/mol. The average Bonchev–Trinajstić information content (AvgIpc) is 3.01. The molecule has 1 aromatic rings. The van der Waals surface area contributed by atoms with Crippen molar-refractivity contribution in [3.8, 4) is 0 Å². The molecule has 4 bridgehead atoms. The summed E-state index contributed by atoms with van der Waals surface area (Å²) in [5.41, 5.74) is -0.846. The van der Waals surface area contributed by atoms with Crippen LogP contribution in [0, 0.1) is 17.3 Å². The summed E-state index contributed by atoms with van der Waals surface area (Å²) in [6, 6.07) is 3.69. The number of carbonyl (C=O) groups excluding carboxylic acids is 3. The van der Waals surface area contributed by atoms with E-state index in [0.717, 1.165) is 37.0 Å². The van der Waals surface area contributed by atoms with E-state index in [2.05, 4.69) is 5.32 Å². The number of carbonyl (C=O) groups is 3. The topological polar surface area (TPSA) is 75.7 Å². The minimum atomic E-state index is -0.563. The molecular formula is C21H27ClN2O4S. The molecule has 0 spiro atoms. The van der Waals surface area contributed by atoms with Crippen LogP contribution < -0.4 is 5.32 Å². The minimum Gasteiger partial charge on any atom is -0.455 e. The molecule has 4 saturated carbocycles. The third-order valence-corrected chi connectivity index (χ3v) is 7.93. The second-order valence-electron chi connectivity index (χ2n) is 9.23. The van der Waals surface area contributed by atoms with Gasteiger partial charge in [-0.05, 0) is 62.5 Å². The van der Waals surface area contributed by atoms with E-state index >= 15 is 0 Å². The summed E-state index contributed by atoms with van der Waals surface area (Å²) in [5, 5.41) is 3.15. The van der Waals surface area contributed by atoms with Crippen molar-refractivity contribution in [2.24, 2.45) is 17.3 Å². The standard InChI is InChI=1S/C21H27ClN2O4S/c1-13(25)23-21-8-14-5-15(9-21)7-20(6-14,12-21)19(27)28-11-18(26)24(2)10-16-3-4-17(22)29-16/h3-4,14-15H,5-12H2,1-2H3,(H,23,25)/t14-,15+,20?,21?. The van der Waals surface area contributed by atoms with Gasteiger partial charge in [-0.15, -0.1) is 11.3 Å². The van der Waals surface area contributed by atoms with Crippen LogP contribution in [-0.4, -0.2) is 41.9 Å². The zero-order valence-corrected chi connectivity index (χ0v) is 18.4. The second kappa shape index (κ2) is 7.58. The van der Waals surface area contributed by atoms with E-state index in [-0.39, 0.29) is 29.9 Å². The van der Waals surface area contributed by atoms with E-state index in [4.69, 9.17) is 16.3 Å². The number of nitrogens with one attached hydrogen (secondary N) is 1. The van der Waals surface area contributed by atoms with Gasteiger partial charge in [-0.1, -0.05) is 11.6 Å². The van der Waals surface area contributed by atoms with Crippen LogP contribution in [0.1, 0.15) is 50.3 Å². The Morgan fingerprint density at radius 2 is 1.93 bits per heavy atom. The summed E-state index contributed by atoms with van der Waals surface area (Å²) in [6.07, 6.45) is 5.26. The highest BCUT2D eigenvalue weighted by atomic mass is 35.5. The summed E-state index contributed by atoms with van der Waals surface area (Å²) in [4.78, 5) is 39.8. The molecule has 0 radical (unpaired) electrons. The Bertz CT molecular complexity index is 824.